The van der Waals surface area contributed by atoms with E-state index in [4.69, 9.17) is 16.6 Å². The normalized spacial score (nSPS) is 12.1. The summed E-state index contributed by atoms with van der Waals surface area (Å²) >= 11 is 6.35. The Hall–Kier alpha value is -3.11. The fourth-order valence-corrected chi connectivity index (χ4v) is 3.71. The van der Waals surface area contributed by atoms with Crippen LogP contribution in [0.2, 0.25) is 5.02 Å². The van der Waals surface area contributed by atoms with Gasteiger partial charge in [0, 0.05) is 11.4 Å². The van der Waals surface area contributed by atoms with Crippen molar-refractivity contribution in [2.24, 2.45) is 0 Å². The number of carbonyl (C=O) groups is 1. The van der Waals surface area contributed by atoms with Gasteiger partial charge in [0.2, 0.25) is 5.91 Å². The number of hydrogen-bond donors (Lipinski definition) is 1. The number of nitrogens with one attached hydrogen (secondary N) is 1. The van der Waals surface area contributed by atoms with E-state index < -0.39 is 0 Å². The number of fused-ring (bicyclic) bond motifs is 1. The second-order valence-electron chi connectivity index (χ2n) is 7.07. The van der Waals surface area contributed by atoms with E-state index in [-0.39, 0.29) is 18.5 Å². The van der Waals surface area contributed by atoms with Crippen molar-refractivity contribution in [3.05, 3.63) is 101 Å². The number of aromatic nitrogens is 2. The molecule has 0 fully saturated rings. The van der Waals surface area contributed by atoms with Crippen molar-refractivity contribution in [3.63, 3.8) is 0 Å². The van der Waals surface area contributed by atoms with Gasteiger partial charge in [-0.1, -0.05) is 72.3 Å². The fourth-order valence-electron chi connectivity index (χ4n) is 3.50. The first-order chi connectivity index (χ1) is 14.1. The number of carbonyl (C=O) groups excluding carboxylic acids is 1. The highest BCUT2D eigenvalue weighted by atomic mass is 35.5. The summed E-state index contributed by atoms with van der Waals surface area (Å²) < 4.78 is 1.98. The molecule has 5 heteroatoms. The molecule has 0 aliphatic rings. The largest absolute Gasteiger partial charge is 0.348 e. The number of nitrogens with zero attached hydrogens (tertiary/aromatic N) is 2. The van der Waals surface area contributed by atoms with Gasteiger partial charge in [0.1, 0.15) is 12.4 Å². The SMILES string of the molecule is CC(NC(=O)Cn1c(Cc2ccccc2Cl)nc2ccccc21)c1ccccc1. The maximum absolute atomic E-state index is 12.8. The maximum atomic E-state index is 12.8. The van der Waals surface area contributed by atoms with Crippen LogP contribution in [0, 0.1) is 0 Å². The lowest BCUT2D eigenvalue weighted by molar-refractivity contribution is -0.122. The molecular weight excluding hydrogens is 382 g/mol. The molecule has 4 rings (SSSR count). The highest BCUT2D eigenvalue weighted by Crippen LogP contribution is 2.22. The number of hydrogen-bond acceptors (Lipinski definition) is 2. The second-order valence-corrected chi connectivity index (χ2v) is 7.48. The van der Waals surface area contributed by atoms with E-state index in [2.05, 4.69) is 5.32 Å². The van der Waals surface area contributed by atoms with Crippen LogP contribution in [0.3, 0.4) is 0 Å². The predicted molar refractivity (Wildman–Crippen MR) is 117 cm³/mol. The first-order valence-corrected chi connectivity index (χ1v) is 10.0. The van der Waals surface area contributed by atoms with E-state index in [1.165, 1.54) is 0 Å². The third-order valence-electron chi connectivity index (χ3n) is 5.02. The highest BCUT2D eigenvalue weighted by molar-refractivity contribution is 6.31. The Balaban J connectivity index is 1.60. The number of benzene rings is 3. The fraction of sp³-hybridized carbons (Fsp3) is 0.167. The summed E-state index contributed by atoms with van der Waals surface area (Å²) in [5.74, 6) is 0.770. The molecule has 1 unspecified atom stereocenters. The van der Waals surface area contributed by atoms with E-state index in [0.717, 1.165) is 28.0 Å². The lowest BCUT2D eigenvalue weighted by atomic mass is 10.1. The molecule has 0 spiro atoms. The Bertz CT molecular complexity index is 1140. The van der Waals surface area contributed by atoms with Crippen molar-refractivity contribution in [1.82, 2.24) is 14.9 Å². The van der Waals surface area contributed by atoms with Crippen LogP contribution in [0.5, 0.6) is 0 Å². The average molecular weight is 404 g/mol. The molecule has 0 radical (unpaired) electrons. The van der Waals surface area contributed by atoms with Gasteiger partial charge in [0.15, 0.2) is 0 Å². The van der Waals surface area contributed by atoms with Gasteiger partial charge in [-0.05, 0) is 36.2 Å². The van der Waals surface area contributed by atoms with Gasteiger partial charge in [0.05, 0.1) is 17.1 Å². The smallest absolute Gasteiger partial charge is 0.240 e. The molecule has 29 heavy (non-hydrogen) atoms. The van der Waals surface area contributed by atoms with Gasteiger partial charge in [-0.2, -0.15) is 0 Å². The van der Waals surface area contributed by atoms with Crippen LogP contribution in [-0.2, 0) is 17.8 Å². The third kappa shape index (κ3) is 4.33. The molecule has 0 aliphatic heterocycles. The van der Waals surface area contributed by atoms with E-state index in [1.54, 1.807) is 0 Å². The minimum absolute atomic E-state index is 0.0510. The summed E-state index contributed by atoms with van der Waals surface area (Å²) in [7, 11) is 0. The van der Waals surface area contributed by atoms with Gasteiger partial charge < -0.3 is 9.88 Å². The maximum Gasteiger partial charge on any atom is 0.240 e. The summed E-state index contributed by atoms with van der Waals surface area (Å²) in [4.78, 5) is 17.6. The summed E-state index contributed by atoms with van der Waals surface area (Å²) in [5.41, 5.74) is 3.88. The zero-order valence-electron chi connectivity index (χ0n) is 16.2. The van der Waals surface area contributed by atoms with Crippen LogP contribution in [0.4, 0.5) is 0 Å². The van der Waals surface area contributed by atoms with Gasteiger partial charge in [0.25, 0.3) is 0 Å². The summed E-state index contributed by atoms with van der Waals surface area (Å²) in [5, 5.41) is 3.79. The molecule has 0 bridgehead atoms. The van der Waals surface area contributed by atoms with Crippen molar-refractivity contribution in [3.8, 4) is 0 Å². The van der Waals surface area contributed by atoms with Crippen LogP contribution < -0.4 is 5.32 Å². The van der Waals surface area contributed by atoms with Crippen molar-refractivity contribution in [2.45, 2.75) is 25.9 Å². The molecule has 0 saturated carbocycles. The predicted octanol–water partition coefficient (Wildman–Crippen LogP) is 5.16. The molecule has 1 heterocycles. The molecule has 0 aliphatic carbocycles. The van der Waals surface area contributed by atoms with E-state index in [9.17, 15) is 4.79 Å². The Labute approximate surface area is 175 Å². The van der Waals surface area contributed by atoms with Crippen molar-refractivity contribution >= 4 is 28.5 Å². The van der Waals surface area contributed by atoms with Crippen LogP contribution in [0.1, 0.15) is 29.9 Å². The van der Waals surface area contributed by atoms with Crippen LogP contribution in [-0.4, -0.2) is 15.5 Å². The Morgan fingerprint density at radius 1 is 1.00 bits per heavy atom. The highest BCUT2D eigenvalue weighted by Gasteiger charge is 2.16. The number of amides is 1. The number of halogens is 1. The van der Waals surface area contributed by atoms with E-state index in [0.29, 0.717) is 11.4 Å². The molecule has 4 nitrogen and oxygen atoms in total. The number of para-hydroxylation sites is 2. The Morgan fingerprint density at radius 3 is 2.48 bits per heavy atom. The number of imidazole rings is 1. The minimum Gasteiger partial charge on any atom is -0.348 e. The topological polar surface area (TPSA) is 46.9 Å². The zero-order valence-corrected chi connectivity index (χ0v) is 16.9. The first-order valence-electron chi connectivity index (χ1n) is 9.63. The van der Waals surface area contributed by atoms with Crippen LogP contribution in [0.15, 0.2) is 78.9 Å². The molecule has 1 amide bonds. The van der Waals surface area contributed by atoms with Crippen molar-refractivity contribution in [1.29, 1.82) is 0 Å². The van der Waals surface area contributed by atoms with Gasteiger partial charge in [-0.25, -0.2) is 4.98 Å². The molecule has 4 aromatic rings. The molecule has 3 aromatic carbocycles. The van der Waals surface area contributed by atoms with Crippen LogP contribution >= 0.6 is 11.6 Å². The molecule has 146 valence electrons. The van der Waals surface area contributed by atoms with Crippen molar-refractivity contribution in [2.75, 3.05) is 0 Å². The summed E-state index contributed by atoms with van der Waals surface area (Å²) in [6.45, 7) is 2.20. The third-order valence-corrected chi connectivity index (χ3v) is 5.39. The van der Waals surface area contributed by atoms with E-state index >= 15 is 0 Å². The molecule has 1 N–H and O–H groups in total. The zero-order chi connectivity index (χ0) is 20.2. The quantitative estimate of drug-likeness (QED) is 0.483. The second kappa shape index (κ2) is 8.50. The lowest BCUT2D eigenvalue weighted by Crippen LogP contribution is -2.30. The van der Waals surface area contributed by atoms with Crippen LogP contribution in [0.25, 0.3) is 11.0 Å². The van der Waals surface area contributed by atoms with Gasteiger partial charge >= 0.3 is 0 Å². The average Bonchev–Trinajstić information content (AvgIpc) is 3.07. The van der Waals surface area contributed by atoms with E-state index in [1.807, 2.05) is 90.4 Å². The monoisotopic (exact) mass is 403 g/mol. The molecule has 1 atom stereocenters. The summed E-state index contributed by atoms with van der Waals surface area (Å²) in [6.07, 6.45) is 0.565. The van der Waals surface area contributed by atoms with Gasteiger partial charge in [-0.3, -0.25) is 4.79 Å². The first kappa shape index (κ1) is 19.2. The van der Waals surface area contributed by atoms with Gasteiger partial charge in [-0.15, -0.1) is 0 Å². The Morgan fingerprint density at radius 2 is 1.69 bits per heavy atom. The number of rotatable bonds is 6. The summed E-state index contributed by atoms with van der Waals surface area (Å²) in [6, 6.07) is 25.5. The van der Waals surface area contributed by atoms with Crippen molar-refractivity contribution < 1.29 is 4.79 Å². The Kier molecular flexibility index (Phi) is 5.63. The minimum atomic E-state index is -0.0643. The standard InChI is InChI=1S/C24H22ClN3O/c1-17(18-9-3-2-4-10-18)26-24(29)16-28-22-14-8-7-13-21(22)27-23(28)15-19-11-5-6-12-20(19)25/h2-14,17H,15-16H2,1H3,(H,26,29). The molecule has 1 aromatic heterocycles. The molecular formula is C24H22ClN3O. The molecule has 0 saturated heterocycles. The lowest BCUT2D eigenvalue weighted by Gasteiger charge is -2.16.